The Bertz CT molecular complexity index is 489. The molecule has 0 radical (unpaired) electrons. The van der Waals surface area contributed by atoms with Gasteiger partial charge in [0.2, 0.25) is 0 Å². The topological polar surface area (TPSA) is 92.4 Å². The highest BCUT2D eigenvalue weighted by Gasteiger charge is 2.36. The first-order chi connectivity index (χ1) is 7.89. The van der Waals surface area contributed by atoms with Crippen LogP contribution in [0.4, 0.5) is 0 Å². The van der Waals surface area contributed by atoms with Crippen molar-refractivity contribution in [3.63, 3.8) is 0 Å². The van der Waals surface area contributed by atoms with Crippen LogP contribution < -0.4 is 5.32 Å². The van der Waals surface area contributed by atoms with Gasteiger partial charge < -0.3 is 14.9 Å². The lowest BCUT2D eigenvalue weighted by Gasteiger charge is -2.14. The van der Waals surface area contributed by atoms with Crippen LogP contribution in [0.1, 0.15) is 17.0 Å². The number of hydrogen-bond donors (Lipinski definition) is 2. The Labute approximate surface area is 99.9 Å². The number of nitrogens with one attached hydrogen (secondary N) is 1. The molecule has 0 spiro atoms. The van der Waals surface area contributed by atoms with E-state index in [4.69, 9.17) is 4.52 Å². The first-order valence-electron chi connectivity index (χ1n) is 5.42. The third-order valence-electron chi connectivity index (χ3n) is 3.04. The van der Waals surface area contributed by atoms with Crippen molar-refractivity contribution < 1.29 is 18.0 Å². The predicted octanol–water partition coefficient (Wildman–Crippen LogP) is -0.461. The minimum absolute atomic E-state index is 0.0163. The molecule has 2 rings (SSSR count). The Hall–Kier alpha value is -0.920. The summed E-state index contributed by atoms with van der Waals surface area (Å²) in [6, 6.07) is -0.409. The summed E-state index contributed by atoms with van der Waals surface area (Å²) < 4.78 is 27.6. The van der Waals surface area contributed by atoms with Gasteiger partial charge in [0, 0.05) is 18.2 Å². The van der Waals surface area contributed by atoms with Gasteiger partial charge in [-0.3, -0.25) is 0 Å². The molecule has 2 N–H and O–H groups in total. The second-order valence-electron chi connectivity index (χ2n) is 4.43. The molecule has 1 aliphatic rings. The van der Waals surface area contributed by atoms with Crippen molar-refractivity contribution in [1.82, 2.24) is 10.5 Å². The minimum atomic E-state index is -3.11. The Morgan fingerprint density at radius 3 is 2.65 bits per heavy atom. The van der Waals surface area contributed by atoms with Crippen molar-refractivity contribution in [3.8, 4) is 0 Å². The van der Waals surface area contributed by atoms with E-state index in [1.807, 2.05) is 6.92 Å². The van der Waals surface area contributed by atoms with E-state index >= 15 is 0 Å². The summed E-state index contributed by atoms with van der Waals surface area (Å²) in [5.74, 6) is 0.537. The van der Waals surface area contributed by atoms with Crippen LogP contribution >= 0.6 is 0 Å². The molecular weight excluding hydrogens is 244 g/mol. The number of sulfone groups is 1. The molecule has 0 bridgehead atoms. The van der Waals surface area contributed by atoms with E-state index in [9.17, 15) is 13.5 Å². The fraction of sp³-hybridized carbons (Fsp3) is 0.700. The van der Waals surface area contributed by atoms with Crippen molar-refractivity contribution in [3.05, 3.63) is 17.0 Å². The van der Waals surface area contributed by atoms with E-state index in [1.165, 1.54) is 0 Å². The average molecular weight is 260 g/mol. The summed E-state index contributed by atoms with van der Waals surface area (Å²) in [5, 5.41) is 16.5. The predicted molar refractivity (Wildman–Crippen MR) is 61.3 cm³/mol. The summed E-state index contributed by atoms with van der Waals surface area (Å²) in [6.07, 6.45) is -0.833. The first-order valence-corrected chi connectivity index (χ1v) is 7.25. The number of aryl methyl sites for hydroxylation is 2. The molecule has 1 saturated heterocycles. The second-order valence-corrected chi connectivity index (χ2v) is 6.59. The zero-order chi connectivity index (χ0) is 12.6. The van der Waals surface area contributed by atoms with Crippen molar-refractivity contribution in [2.75, 3.05) is 11.5 Å². The molecule has 0 aliphatic carbocycles. The maximum atomic E-state index is 11.3. The Morgan fingerprint density at radius 2 is 2.18 bits per heavy atom. The van der Waals surface area contributed by atoms with Gasteiger partial charge in [0.05, 0.1) is 23.3 Å². The maximum Gasteiger partial charge on any atom is 0.154 e. The van der Waals surface area contributed by atoms with Gasteiger partial charge in [0.25, 0.3) is 0 Å². The molecular formula is C10H16N2O4S. The molecule has 2 atom stereocenters. The molecule has 7 heteroatoms. The van der Waals surface area contributed by atoms with Crippen molar-refractivity contribution in [2.24, 2.45) is 0 Å². The molecule has 17 heavy (non-hydrogen) atoms. The van der Waals surface area contributed by atoms with Gasteiger partial charge in [-0.05, 0) is 13.8 Å². The number of hydrogen-bond acceptors (Lipinski definition) is 6. The van der Waals surface area contributed by atoms with Gasteiger partial charge in [-0.1, -0.05) is 5.16 Å². The summed E-state index contributed by atoms with van der Waals surface area (Å²) in [7, 11) is -3.11. The van der Waals surface area contributed by atoms with E-state index in [1.54, 1.807) is 6.92 Å². The number of aliphatic hydroxyl groups is 1. The van der Waals surface area contributed by atoms with Crippen LogP contribution in [0.25, 0.3) is 0 Å². The lowest BCUT2D eigenvalue weighted by Crippen LogP contribution is -2.38. The smallest absolute Gasteiger partial charge is 0.154 e. The third-order valence-corrected chi connectivity index (χ3v) is 4.76. The maximum absolute atomic E-state index is 11.3. The summed E-state index contributed by atoms with van der Waals surface area (Å²) in [4.78, 5) is 0. The zero-order valence-corrected chi connectivity index (χ0v) is 10.6. The van der Waals surface area contributed by atoms with Crippen molar-refractivity contribution in [2.45, 2.75) is 32.5 Å². The quantitative estimate of drug-likeness (QED) is 0.764. The fourth-order valence-corrected chi connectivity index (χ4v) is 3.79. The molecule has 1 fully saturated rings. The molecule has 1 aliphatic heterocycles. The highest BCUT2D eigenvalue weighted by atomic mass is 32.2. The SMILES string of the molecule is Cc1noc(C)c1CNC1CS(=O)(=O)CC1O. The lowest BCUT2D eigenvalue weighted by atomic mass is 10.1. The number of nitrogens with zero attached hydrogens (tertiary/aromatic N) is 1. The largest absolute Gasteiger partial charge is 0.390 e. The van der Waals surface area contributed by atoms with Gasteiger partial charge >= 0.3 is 0 Å². The van der Waals surface area contributed by atoms with E-state index in [2.05, 4.69) is 10.5 Å². The van der Waals surface area contributed by atoms with Crippen LogP contribution in [0.5, 0.6) is 0 Å². The van der Waals surface area contributed by atoms with Crippen molar-refractivity contribution >= 4 is 9.84 Å². The molecule has 0 saturated carbocycles. The summed E-state index contributed by atoms with van der Waals surface area (Å²) >= 11 is 0. The molecule has 6 nitrogen and oxygen atoms in total. The average Bonchev–Trinajstić information content (AvgIpc) is 2.65. The number of aliphatic hydroxyl groups excluding tert-OH is 1. The molecule has 2 unspecified atom stereocenters. The Kier molecular flexibility index (Phi) is 3.24. The normalized spacial score (nSPS) is 27.5. The van der Waals surface area contributed by atoms with Gasteiger partial charge in [-0.25, -0.2) is 8.42 Å². The third kappa shape index (κ3) is 2.67. The summed E-state index contributed by atoms with van der Waals surface area (Å²) in [6.45, 7) is 4.09. The van der Waals surface area contributed by atoms with Crippen molar-refractivity contribution in [1.29, 1.82) is 0 Å². The number of rotatable bonds is 3. The van der Waals surface area contributed by atoms with Crippen LogP contribution in [0.15, 0.2) is 4.52 Å². The van der Waals surface area contributed by atoms with E-state index in [0.717, 1.165) is 11.3 Å². The van der Waals surface area contributed by atoms with E-state index in [0.29, 0.717) is 12.3 Å². The standard InChI is InChI=1S/C10H16N2O4S/c1-6-8(7(2)16-12-6)3-11-9-4-17(14,15)5-10(9)13/h9-11,13H,3-5H2,1-2H3. The lowest BCUT2D eigenvalue weighted by molar-refractivity contribution is 0.165. The Morgan fingerprint density at radius 1 is 1.47 bits per heavy atom. The van der Waals surface area contributed by atoms with Gasteiger partial charge in [0.15, 0.2) is 9.84 Å². The molecule has 96 valence electrons. The van der Waals surface area contributed by atoms with E-state index < -0.39 is 22.0 Å². The van der Waals surface area contributed by atoms with Crippen LogP contribution in [-0.4, -0.2) is 42.3 Å². The number of aromatic nitrogens is 1. The van der Waals surface area contributed by atoms with Gasteiger partial charge in [0.1, 0.15) is 5.76 Å². The van der Waals surface area contributed by atoms with Crippen LogP contribution in [0.2, 0.25) is 0 Å². The Balaban J connectivity index is 2.00. The molecule has 2 heterocycles. The molecule has 0 amide bonds. The second kappa shape index (κ2) is 4.40. The van der Waals surface area contributed by atoms with Crippen LogP contribution in [0.3, 0.4) is 0 Å². The highest BCUT2D eigenvalue weighted by Crippen LogP contribution is 2.16. The van der Waals surface area contributed by atoms with Crippen LogP contribution in [0, 0.1) is 13.8 Å². The van der Waals surface area contributed by atoms with Gasteiger partial charge in [-0.15, -0.1) is 0 Å². The molecule has 1 aromatic rings. The van der Waals surface area contributed by atoms with Crippen LogP contribution in [-0.2, 0) is 16.4 Å². The monoisotopic (exact) mass is 260 g/mol. The van der Waals surface area contributed by atoms with E-state index in [-0.39, 0.29) is 11.5 Å². The molecule has 1 aromatic heterocycles. The zero-order valence-electron chi connectivity index (χ0n) is 9.80. The highest BCUT2D eigenvalue weighted by molar-refractivity contribution is 7.91. The molecule has 0 aromatic carbocycles. The van der Waals surface area contributed by atoms with Gasteiger partial charge in [-0.2, -0.15) is 0 Å². The fourth-order valence-electron chi connectivity index (χ4n) is 2.01. The first kappa shape index (κ1) is 12.5. The minimum Gasteiger partial charge on any atom is -0.390 e. The summed E-state index contributed by atoms with van der Waals surface area (Å²) in [5.41, 5.74) is 1.70.